The molecule has 2 atom stereocenters. The van der Waals surface area contributed by atoms with Gasteiger partial charge < -0.3 is 19.3 Å². The van der Waals surface area contributed by atoms with Crippen LogP contribution < -0.4 is 5.56 Å². The highest BCUT2D eigenvalue weighted by molar-refractivity contribution is 5.70. The molecule has 0 radical (unpaired) electrons. The maximum atomic E-state index is 13.0. The minimum absolute atomic E-state index is 0.0470. The number of ether oxygens (including phenoxy) is 1. The topological polar surface area (TPSA) is 71.8 Å². The summed E-state index contributed by atoms with van der Waals surface area (Å²) in [4.78, 5) is 26.7. The Morgan fingerprint density at radius 1 is 1.09 bits per heavy atom. The van der Waals surface area contributed by atoms with Crippen molar-refractivity contribution in [1.29, 1.82) is 0 Å². The van der Waals surface area contributed by atoms with E-state index in [9.17, 15) is 14.7 Å². The van der Waals surface area contributed by atoms with E-state index < -0.39 is 11.2 Å². The number of pyridine rings is 1. The lowest BCUT2D eigenvalue weighted by Crippen LogP contribution is -2.53. The summed E-state index contributed by atoms with van der Waals surface area (Å²) in [5, 5.41) is 10.2. The van der Waals surface area contributed by atoms with E-state index in [0.29, 0.717) is 19.4 Å². The smallest absolute Gasteiger partial charge is 0.410 e. The van der Waals surface area contributed by atoms with E-state index in [2.05, 4.69) is 13.8 Å². The summed E-state index contributed by atoms with van der Waals surface area (Å²) in [6, 6.07) is 11.4. The van der Waals surface area contributed by atoms with Crippen LogP contribution in [0.4, 0.5) is 4.79 Å². The molecule has 1 saturated heterocycles. The van der Waals surface area contributed by atoms with Crippen molar-refractivity contribution >= 4 is 6.09 Å². The quantitative estimate of drug-likeness (QED) is 0.665. The maximum absolute atomic E-state index is 13.0. The molecule has 2 unspecified atom stereocenters. The van der Waals surface area contributed by atoms with E-state index >= 15 is 0 Å². The van der Waals surface area contributed by atoms with Crippen LogP contribution in [0, 0.1) is 5.92 Å². The maximum Gasteiger partial charge on any atom is 0.410 e. The highest BCUT2D eigenvalue weighted by Crippen LogP contribution is 2.39. The fourth-order valence-electron chi connectivity index (χ4n) is 4.29. The second-order valence-corrected chi connectivity index (χ2v) is 10.0. The molecule has 2 aromatic rings. The lowest BCUT2D eigenvalue weighted by molar-refractivity contribution is -0.0968. The molecule has 6 nitrogen and oxygen atoms in total. The van der Waals surface area contributed by atoms with Gasteiger partial charge in [0.2, 0.25) is 0 Å². The van der Waals surface area contributed by atoms with Gasteiger partial charge in [0, 0.05) is 32.3 Å². The number of carbonyl (C=O) groups excluding carboxylic acids is 1. The number of rotatable bonds is 7. The minimum atomic E-state index is -0.788. The highest BCUT2D eigenvalue weighted by Gasteiger charge is 2.44. The molecule has 2 heterocycles. The third kappa shape index (κ3) is 5.23. The predicted molar refractivity (Wildman–Crippen MR) is 126 cm³/mol. The van der Waals surface area contributed by atoms with Crippen molar-refractivity contribution in [2.24, 2.45) is 13.0 Å². The molecule has 1 aromatic carbocycles. The van der Waals surface area contributed by atoms with Gasteiger partial charge in [0.1, 0.15) is 5.60 Å². The standard InChI is InChI=1S/C26H36N2O4/c1-18(2)26(13-12-25(4,5)31)14-16-28(24(30)32-26)19(3)20-7-9-21(10-8-20)22-11-15-27(6)23(29)17-22/h7-11,15,17-19,31H,12-14,16H2,1-6H3. The number of nitrogens with zero attached hydrogens (tertiary/aromatic N) is 2. The van der Waals surface area contributed by atoms with Gasteiger partial charge in [0.15, 0.2) is 0 Å². The van der Waals surface area contributed by atoms with Crippen molar-refractivity contribution in [3.8, 4) is 11.1 Å². The fraction of sp³-hybridized carbons (Fsp3) is 0.538. The Kier molecular flexibility index (Phi) is 6.84. The molecule has 32 heavy (non-hydrogen) atoms. The van der Waals surface area contributed by atoms with Gasteiger partial charge in [-0.3, -0.25) is 4.79 Å². The Bertz CT molecular complexity index is 1000. The molecule has 0 spiro atoms. The summed E-state index contributed by atoms with van der Waals surface area (Å²) < 4.78 is 7.58. The van der Waals surface area contributed by atoms with Gasteiger partial charge in [-0.2, -0.15) is 0 Å². The molecule has 1 aliphatic rings. The normalized spacial score (nSPS) is 20.4. The van der Waals surface area contributed by atoms with Crippen LogP contribution in [0.15, 0.2) is 47.4 Å². The van der Waals surface area contributed by atoms with Crippen molar-refractivity contribution in [3.05, 3.63) is 58.5 Å². The van der Waals surface area contributed by atoms with Crippen molar-refractivity contribution in [2.45, 2.75) is 71.1 Å². The first-order valence-electron chi connectivity index (χ1n) is 11.4. The van der Waals surface area contributed by atoms with Gasteiger partial charge in [-0.25, -0.2) is 4.79 Å². The monoisotopic (exact) mass is 440 g/mol. The fourth-order valence-corrected chi connectivity index (χ4v) is 4.29. The zero-order valence-corrected chi connectivity index (χ0v) is 20.1. The van der Waals surface area contributed by atoms with Gasteiger partial charge in [0.25, 0.3) is 5.56 Å². The molecular formula is C26H36N2O4. The van der Waals surface area contributed by atoms with Gasteiger partial charge in [-0.15, -0.1) is 0 Å². The third-order valence-corrected chi connectivity index (χ3v) is 6.81. The molecule has 1 aromatic heterocycles. The average molecular weight is 441 g/mol. The second-order valence-electron chi connectivity index (χ2n) is 10.0. The first-order valence-corrected chi connectivity index (χ1v) is 11.4. The van der Waals surface area contributed by atoms with Crippen LogP contribution in [0.3, 0.4) is 0 Å². The summed E-state index contributed by atoms with van der Waals surface area (Å²) in [7, 11) is 1.73. The van der Waals surface area contributed by atoms with Crippen LogP contribution in [0.2, 0.25) is 0 Å². The molecule has 0 aliphatic carbocycles. The molecule has 1 aliphatic heterocycles. The second kappa shape index (κ2) is 9.10. The third-order valence-electron chi connectivity index (χ3n) is 6.81. The summed E-state index contributed by atoms with van der Waals surface area (Å²) in [5.74, 6) is 0.170. The summed E-state index contributed by atoms with van der Waals surface area (Å²) in [5.41, 5.74) is 1.47. The van der Waals surface area contributed by atoms with Crippen LogP contribution in [0.5, 0.6) is 0 Å². The van der Waals surface area contributed by atoms with Crippen LogP contribution in [-0.4, -0.2) is 38.4 Å². The molecule has 174 valence electrons. The van der Waals surface area contributed by atoms with E-state index in [4.69, 9.17) is 4.74 Å². The molecule has 1 N–H and O–H groups in total. The van der Waals surface area contributed by atoms with Gasteiger partial charge in [0.05, 0.1) is 11.6 Å². The van der Waals surface area contributed by atoms with E-state index in [1.165, 1.54) is 0 Å². The van der Waals surface area contributed by atoms with Gasteiger partial charge in [-0.1, -0.05) is 38.1 Å². The Hall–Kier alpha value is -2.60. The number of carbonyl (C=O) groups is 1. The van der Waals surface area contributed by atoms with E-state index in [1.54, 1.807) is 42.6 Å². The lowest BCUT2D eigenvalue weighted by Gasteiger charge is -2.46. The van der Waals surface area contributed by atoms with Gasteiger partial charge >= 0.3 is 6.09 Å². The van der Waals surface area contributed by atoms with E-state index in [1.807, 2.05) is 37.3 Å². The number of aryl methyl sites for hydroxylation is 1. The van der Waals surface area contributed by atoms with E-state index in [-0.39, 0.29) is 23.6 Å². The highest BCUT2D eigenvalue weighted by atomic mass is 16.6. The molecular weight excluding hydrogens is 404 g/mol. The summed E-state index contributed by atoms with van der Waals surface area (Å²) in [6.45, 7) is 10.3. The molecule has 6 heteroatoms. The summed E-state index contributed by atoms with van der Waals surface area (Å²) in [6.07, 6.45) is 3.42. The van der Waals surface area contributed by atoms with Crippen molar-refractivity contribution < 1.29 is 14.6 Å². The Morgan fingerprint density at radius 3 is 2.28 bits per heavy atom. The number of aliphatic hydroxyl groups is 1. The average Bonchev–Trinajstić information content (AvgIpc) is 2.73. The number of amides is 1. The number of hydrogen-bond acceptors (Lipinski definition) is 4. The SMILES string of the molecule is CC(c1ccc(-c2ccn(C)c(=O)c2)cc1)N1CCC(CCC(C)(C)O)(C(C)C)OC1=O. The first-order chi connectivity index (χ1) is 14.9. The van der Waals surface area contributed by atoms with Crippen molar-refractivity contribution in [1.82, 2.24) is 9.47 Å². The Balaban J connectivity index is 1.73. The zero-order chi connectivity index (χ0) is 23.7. The van der Waals surface area contributed by atoms with Crippen molar-refractivity contribution in [3.63, 3.8) is 0 Å². The Morgan fingerprint density at radius 2 is 1.75 bits per heavy atom. The summed E-state index contributed by atoms with van der Waals surface area (Å²) >= 11 is 0. The number of cyclic esters (lactones) is 1. The molecule has 1 fully saturated rings. The van der Waals surface area contributed by atoms with Crippen LogP contribution in [0.1, 0.15) is 65.5 Å². The zero-order valence-electron chi connectivity index (χ0n) is 20.1. The van der Waals surface area contributed by atoms with Crippen molar-refractivity contribution in [2.75, 3.05) is 6.54 Å². The lowest BCUT2D eigenvalue weighted by atomic mass is 9.79. The van der Waals surface area contributed by atoms with Crippen LogP contribution >= 0.6 is 0 Å². The first kappa shape index (κ1) is 24.1. The molecule has 1 amide bonds. The molecule has 0 saturated carbocycles. The van der Waals surface area contributed by atoms with Crippen LogP contribution in [-0.2, 0) is 11.8 Å². The van der Waals surface area contributed by atoms with Crippen LogP contribution in [0.25, 0.3) is 11.1 Å². The number of aromatic nitrogens is 1. The number of hydrogen-bond donors (Lipinski definition) is 1. The van der Waals surface area contributed by atoms with Gasteiger partial charge in [-0.05, 0) is 62.3 Å². The molecule has 3 rings (SSSR count). The van der Waals surface area contributed by atoms with E-state index in [0.717, 1.165) is 23.1 Å². The minimum Gasteiger partial charge on any atom is -0.442 e. The predicted octanol–water partition coefficient (Wildman–Crippen LogP) is 4.90. The number of benzene rings is 1. The molecule has 0 bridgehead atoms. The Labute approximate surface area is 190 Å². The largest absolute Gasteiger partial charge is 0.442 e.